The van der Waals surface area contributed by atoms with E-state index >= 15 is 0 Å². The topological polar surface area (TPSA) is 67.6 Å². The highest BCUT2D eigenvalue weighted by Crippen LogP contribution is 2.32. The summed E-state index contributed by atoms with van der Waals surface area (Å²) < 4.78 is 7.60. The van der Waals surface area contributed by atoms with Crippen LogP contribution in [0.5, 0.6) is 0 Å². The maximum Gasteiger partial charge on any atom is 0.312 e. The van der Waals surface area contributed by atoms with Crippen molar-refractivity contribution in [2.45, 2.75) is 45.2 Å². The molecule has 1 aliphatic heterocycles. The van der Waals surface area contributed by atoms with Crippen LogP contribution in [0.25, 0.3) is 0 Å². The van der Waals surface area contributed by atoms with Gasteiger partial charge in [0.2, 0.25) is 0 Å². The first-order valence-corrected chi connectivity index (χ1v) is 7.81. The highest BCUT2D eigenvalue weighted by atomic mass is 16.5. The second-order valence-electron chi connectivity index (χ2n) is 5.78. The zero-order valence-electron chi connectivity index (χ0n) is 12.5. The van der Waals surface area contributed by atoms with Gasteiger partial charge in [-0.15, -0.1) is 0 Å². The monoisotopic (exact) mass is 293 g/mol. The molecule has 2 aliphatic rings. The Hall–Kier alpha value is -1.40. The summed E-state index contributed by atoms with van der Waals surface area (Å²) >= 11 is 0. The number of carboxylic acid groups (broad SMARTS) is 1. The van der Waals surface area contributed by atoms with Gasteiger partial charge in [0.25, 0.3) is 0 Å². The van der Waals surface area contributed by atoms with Gasteiger partial charge in [0.15, 0.2) is 0 Å². The molecule has 6 nitrogen and oxygen atoms in total. The third kappa shape index (κ3) is 2.82. The molecule has 0 amide bonds. The number of carboxylic acids is 1. The molecule has 0 spiro atoms. The number of aromatic nitrogens is 2. The molecule has 0 saturated carbocycles. The summed E-state index contributed by atoms with van der Waals surface area (Å²) in [7, 11) is 0. The summed E-state index contributed by atoms with van der Waals surface area (Å²) in [6.07, 6.45) is 2.59. The normalized spacial score (nSPS) is 23.0. The fraction of sp³-hybridized carbons (Fsp3) is 0.733. The van der Waals surface area contributed by atoms with Gasteiger partial charge < -0.3 is 14.4 Å². The fourth-order valence-electron chi connectivity index (χ4n) is 3.40. The predicted molar refractivity (Wildman–Crippen MR) is 77.3 cm³/mol. The largest absolute Gasteiger partial charge is 0.481 e. The van der Waals surface area contributed by atoms with Crippen LogP contribution < -0.4 is 0 Å². The minimum absolute atomic E-state index is 0.426. The molecule has 6 heteroatoms. The first-order chi connectivity index (χ1) is 10.2. The van der Waals surface area contributed by atoms with Crippen molar-refractivity contribution in [3.05, 3.63) is 17.2 Å². The van der Waals surface area contributed by atoms with Crippen molar-refractivity contribution >= 4 is 5.97 Å². The second-order valence-corrected chi connectivity index (χ2v) is 5.78. The van der Waals surface area contributed by atoms with Crippen LogP contribution in [0.1, 0.15) is 42.9 Å². The van der Waals surface area contributed by atoms with Crippen LogP contribution in [0.3, 0.4) is 0 Å². The SMILES string of the molecule is CCn1c(CN2CCOCC2)nc2c1CCCC2C(=O)O. The van der Waals surface area contributed by atoms with Gasteiger partial charge in [-0.2, -0.15) is 0 Å². The summed E-state index contributed by atoms with van der Waals surface area (Å²) in [6, 6.07) is 0. The highest BCUT2D eigenvalue weighted by molar-refractivity contribution is 5.76. The number of fused-ring (bicyclic) bond motifs is 1. The van der Waals surface area contributed by atoms with Gasteiger partial charge >= 0.3 is 5.97 Å². The van der Waals surface area contributed by atoms with Crippen molar-refractivity contribution in [1.82, 2.24) is 14.5 Å². The van der Waals surface area contributed by atoms with E-state index in [-0.39, 0.29) is 0 Å². The minimum Gasteiger partial charge on any atom is -0.481 e. The van der Waals surface area contributed by atoms with Crippen molar-refractivity contribution in [3.63, 3.8) is 0 Å². The van der Waals surface area contributed by atoms with E-state index in [2.05, 4.69) is 16.4 Å². The maximum absolute atomic E-state index is 11.4. The number of aliphatic carboxylic acids is 1. The van der Waals surface area contributed by atoms with E-state index in [0.29, 0.717) is 6.42 Å². The molecular weight excluding hydrogens is 270 g/mol. The van der Waals surface area contributed by atoms with Crippen molar-refractivity contribution in [3.8, 4) is 0 Å². The molecular formula is C15H23N3O3. The van der Waals surface area contributed by atoms with Gasteiger partial charge in [-0.1, -0.05) is 0 Å². The predicted octanol–water partition coefficient (Wildman–Crippen LogP) is 1.24. The number of hydrogen-bond donors (Lipinski definition) is 1. The van der Waals surface area contributed by atoms with Gasteiger partial charge in [0.05, 0.1) is 25.5 Å². The molecule has 1 N–H and O–H groups in total. The molecule has 1 atom stereocenters. The molecule has 3 rings (SSSR count). The van der Waals surface area contributed by atoms with Crippen LogP contribution >= 0.6 is 0 Å². The molecule has 1 aromatic rings. The Kier molecular flexibility index (Phi) is 4.26. The van der Waals surface area contributed by atoms with E-state index in [1.165, 1.54) is 0 Å². The molecule has 1 aliphatic carbocycles. The fourth-order valence-corrected chi connectivity index (χ4v) is 3.40. The van der Waals surface area contributed by atoms with E-state index in [9.17, 15) is 9.90 Å². The molecule has 1 aromatic heterocycles. The summed E-state index contributed by atoms with van der Waals surface area (Å²) in [5.74, 6) is -0.155. The summed E-state index contributed by atoms with van der Waals surface area (Å²) in [4.78, 5) is 18.5. The number of hydrogen-bond acceptors (Lipinski definition) is 4. The first-order valence-electron chi connectivity index (χ1n) is 7.81. The van der Waals surface area contributed by atoms with Crippen molar-refractivity contribution in [2.24, 2.45) is 0 Å². The van der Waals surface area contributed by atoms with E-state index in [4.69, 9.17) is 9.72 Å². The van der Waals surface area contributed by atoms with E-state index in [1.54, 1.807) is 0 Å². The highest BCUT2D eigenvalue weighted by Gasteiger charge is 2.32. The Balaban J connectivity index is 1.88. The molecule has 1 fully saturated rings. The van der Waals surface area contributed by atoms with Crippen molar-refractivity contribution < 1.29 is 14.6 Å². The zero-order chi connectivity index (χ0) is 14.8. The lowest BCUT2D eigenvalue weighted by Gasteiger charge is -2.26. The summed E-state index contributed by atoms with van der Waals surface area (Å²) in [5.41, 5.74) is 1.94. The molecule has 2 heterocycles. The van der Waals surface area contributed by atoms with Crippen LogP contribution in [0.2, 0.25) is 0 Å². The van der Waals surface area contributed by atoms with Crippen LogP contribution in [0, 0.1) is 0 Å². The van der Waals surface area contributed by atoms with Crippen LogP contribution in [0.4, 0.5) is 0 Å². The van der Waals surface area contributed by atoms with Crippen LogP contribution in [-0.2, 0) is 29.0 Å². The second kappa shape index (κ2) is 6.15. The van der Waals surface area contributed by atoms with Crippen molar-refractivity contribution in [2.75, 3.05) is 26.3 Å². The Morgan fingerprint density at radius 3 is 2.86 bits per heavy atom. The number of ether oxygens (including phenoxy) is 1. The molecule has 0 aromatic carbocycles. The Morgan fingerprint density at radius 1 is 1.43 bits per heavy atom. The number of carbonyl (C=O) groups is 1. The Morgan fingerprint density at radius 2 is 2.19 bits per heavy atom. The Bertz CT molecular complexity index is 520. The van der Waals surface area contributed by atoms with Gasteiger partial charge in [-0.05, 0) is 26.2 Å². The quantitative estimate of drug-likeness (QED) is 0.904. The molecule has 116 valence electrons. The van der Waals surface area contributed by atoms with E-state index in [0.717, 1.165) is 69.4 Å². The third-order valence-electron chi connectivity index (χ3n) is 4.50. The first kappa shape index (κ1) is 14.5. The van der Waals surface area contributed by atoms with Gasteiger partial charge in [0, 0.05) is 25.3 Å². The van der Waals surface area contributed by atoms with E-state index in [1.807, 2.05) is 0 Å². The number of nitrogens with zero attached hydrogens (tertiary/aromatic N) is 3. The number of morpholine rings is 1. The van der Waals surface area contributed by atoms with Gasteiger partial charge in [-0.25, -0.2) is 4.98 Å². The molecule has 1 saturated heterocycles. The molecule has 0 bridgehead atoms. The summed E-state index contributed by atoms with van der Waals surface area (Å²) in [5, 5.41) is 9.40. The summed E-state index contributed by atoms with van der Waals surface area (Å²) in [6.45, 7) is 7.13. The number of rotatable bonds is 4. The van der Waals surface area contributed by atoms with Gasteiger partial charge in [-0.3, -0.25) is 9.69 Å². The zero-order valence-corrected chi connectivity index (χ0v) is 12.5. The van der Waals surface area contributed by atoms with Crippen molar-refractivity contribution in [1.29, 1.82) is 0 Å². The maximum atomic E-state index is 11.4. The third-order valence-corrected chi connectivity index (χ3v) is 4.50. The molecule has 21 heavy (non-hydrogen) atoms. The average Bonchev–Trinajstić information content (AvgIpc) is 2.84. The van der Waals surface area contributed by atoms with E-state index < -0.39 is 11.9 Å². The molecule has 1 unspecified atom stereocenters. The Labute approximate surface area is 124 Å². The smallest absolute Gasteiger partial charge is 0.312 e. The van der Waals surface area contributed by atoms with Crippen LogP contribution in [-0.4, -0.2) is 51.8 Å². The number of imidazole rings is 1. The lowest BCUT2D eigenvalue weighted by molar-refractivity contribution is -0.139. The lowest BCUT2D eigenvalue weighted by atomic mass is 9.90. The lowest BCUT2D eigenvalue weighted by Crippen LogP contribution is -2.36. The standard InChI is InChI=1S/C15H23N3O3/c1-2-18-12-5-3-4-11(15(19)20)14(12)16-13(18)10-17-6-8-21-9-7-17/h11H,2-10H2,1H3,(H,19,20). The average molecular weight is 293 g/mol. The molecule has 0 radical (unpaired) electrons. The van der Waals surface area contributed by atoms with Crippen LogP contribution in [0.15, 0.2) is 0 Å². The minimum atomic E-state index is -0.741. The van der Waals surface area contributed by atoms with Gasteiger partial charge in [0.1, 0.15) is 11.7 Å².